The molecular formula is C19H20F2N4O4. The molecule has 29 heavy (non-hydrogen) atoms. The zero-order valence-corrected chi connectivity index (χ0v) is 15.7. The van der Waals surface area contributed by atoms with Crippen LogP contribution in [0.5, 0.6) is 5.75 Å². The van der Waals surface area contributed by atoms with Crippen molar-refractivity contribution in [1.29, 1.82) is 0 Å². The molecule has 0 aromatic heterocycles. The number of carbonyl (C=O) groups is 1. The number of benzene rings is 2. The number of amides is 2. The van der Waals surface area contributed by atoms with Crippen LogP contribution in [0.25, 0.3) is 0 Å². The molecule has 8 nitrogen and oxygen atoms in total. The number of anilines is 2. The Morgan fingerprint density at radius 2 is 1.90 bits per heavy atom. The number of halogens is 2. The Morgan fingerprint density at radius 3 is 2.52 bits per heavy atom. The average Bonchev–Trinajstić information content (AvgIpc) is 2.69. The molecule has 1 aliphatic heterocycles. The smallest absolute Gasteiger partial charge is 0.387 e. The van der Waals surface area contributed by atoms with Crippen molar-refractivity contribution in [3.8, 4) is 5.75 Å². The maximum absolute atomic E-state index is 12.6. The summed E-state index contributed by atoms with van der Waals surface area (Å²) < 4.78 is 29.6. The van der Waals surface area contributed by atoms with Crippen LogP contribution in [0.15, 0.2) is 42.5 Å². The summed E-state index contributed by atoms with van der Waals surface area (Å²) in [6.07, 6.45) is 0. The molecule has 10 heteroatoms. The van der Waals surface area contributed by atoms with Gasteiger partial charge < -0.3 is 19.9 Å². The summed E-state index contributed by atoms with van der Waals surface area (Å²) in [5.41, 5.74) is 1.69. The number of hydrogen-bond donors (Lipinski definition) is 1. The van der Waals surface area contributed by atoms with Crippen LogP contribution >= 0.6 is 0 Å². The molecule has 2 aromatic carbocycles. The highest BCUT2D eigenvalue weighted by Crippen LogP contribution is 2.31. The van der Waals surface area contributed by atoms with Crippen LogP contribution in [0.1, 0.15) is 5.56 Å². The second-order valence-corrected chi connectivity index (χ2v) is 6.56. The number of carbonyl (C=O) groups excluding carboxylic acids is 1. The largest absolute Gasteiger partial charge is 0.433 e. The molecule has 1 fully saturated rings. The van der Waals surface area contributed by atoms with Gasteiger partial charge in [0.25, 0.3) is 5.69 Å². The number of ether oxygens (including phenoxy) is 1. The Bertz CT molecular complexity index is 902. The summed E-state index contributed by atoms with van der Waals surface area (Å²) in [7, 11) is 0. The lowest BCUT2D eigenvalue weighted by atomic mass is 10.2. The number of nitrogens with zero attached hydrogens (tertiary/aromatic N) is 3. The molecule has 3 rings (SSSR count). The number of alkyl halides is 2. The minimum absolute atomic E-state index is 0.175. The van der Waals surface area contributed by atoms with Crippen LogP contribution in [-0.2, 0) is 0 Å². The maximum atomic E-state index is 12.6. The molecule has 0 atom stereocenters. The van der Waals surface area contributed by atoms with Crippen molar-refractivity contribution >= 4 is 23.1 Å². The topological polar surface area (TPSA) is 88.0 Å². The number of aryl methyl sites for hydroxylation is 1. The van der Waals surface area contributed by atoms with E-state index in [1.807, 2.05) is 25.1 Å². The van der Waals surface area contributed by atoms with Gasteiger partial charge in [0.1, 0.15) is 5.75 Å². The van der Waals surface area contributed by atoms with Gasteiger partial charge in [-0.2, -0.15) is 8.78 Å². The third-order valence-electron chi connectivity index (χ3n) is 4.57. The number of nitro groups is 1. The standard InChI is InChI=1S/C19H20F2N4O4/c1-13-3-2-4-14(11-13)23-7-9-24(10-8-23)19(26)22-16-12-15(25(27)28)5-6-17(16)29-18(20)21/h2-6,11-12,18H,7-10H2,1H3,(H,22,26). The molecular weight excluding hydrogens is 386 g/mol. The number of nitrogens with one attached hydrogen (secondary N) is 1. The highest BCUT2D eigenvalue weighted by atomic mass is 19.3. The van der Waals surface area contributed by atoms with E-state index in [1.165, 1.54) is 4.90 Å². The fourth-order valence-electron chi connectivity index (χ4n) is 3.11. The van der Waals surface area contributed by atoms with Crippen molar-refractivity contribution in [1.82, 2.24) is 4.90 Å². The molecule has 0 spiro atoms. The zero-order chi connectivity index (χ0) is 21.0. The number of urea groups is 1. The third-order valence-corrected chi connectivity index (χ3v) is 4.57. The van der Waals surface area contributed by atoms with E-state index in [4.69, 9.17) is 0 Å². The first-order valence-electron chi connectivity index (χ1n) is 8.94. The van der Waals surface area contributed by atoms with Gasteiger partial charge in [-0.25, -0.2) is 4.79 Å². The quantitative estimate of drug-likeness (QED) is 0.602. The Morgan fingerprint density at radius 1 is 1.17 bits per heavy atom. The highest BCUT2D eigenvalue weighted by molar-refractivity contribution is 5.91. The van der Waals surface area contributed by atoms with E-state index in [-0.39, 0.29) is 17.1 Å². The lowest BCUT2D eigenvalue weighted by Gasteiger charge is -2.36. The molecule has 154 valence electrons. The fraction of sp³-hybridized carbons (Fsp3) is 0.316. The summed E-state index contributed by atoms with van der Waals surface area (Å²) in [5, 5.41) is 13.4. The van der Waals surface area contributed by atoms with Crippen LogP contribution < -0.4 is 15.0 Å². The summed E-state index contributed by atoms with van der Waals surface area (Å²) >= 11 is 0. The number of hydrogen-bond acceptors (Lipinski definition) is 5. The van der Waals surface area contributed by atoms with Gasteiger partial charge in [-0.3, -0.25) is 10.1 Å². The first-order chi connectivity index (χ1) is 13.8. The van der Waals surface area contributed by atoms with Crippen LogP contribution in [0.4, 0.5) is 30.6 Å². The molecule has 0 saturated carbocycles. The second-order valence-electron chi connectivity index (χ2n) is 6.56. The van der Waals surface area contributed by atoms with Gasteiger partial charge in [-0.05, 0) is 30.7 Å². The number of rotatable bonds is 5. The first kappa shape index (κ1) is 20.3. The SMILES string of the molecule is Cc1cccc(N2CCN(C(=O)Nc3cc([N+](=O)[O-])ccc3OC(F)F)CC2)c1. The molecule has 2 amide bonds. The van der Waals surface area contributed by atoms with Gasteiger partial charge in [0.2, 0.25) is 0 Å². The normalized spacial score (nSPS) is 14.1. The van der Waals surface area contributed by atoms with E-state index in [2.05, 4.69) is 21.0 Å². The van der Waals surface area contributed by atoms with Crippen molar-refractivity contribution < 1.29 is 23.2 Å². The van der Waals surface area contributed by atoms with Crippen LogP contribution in [0.2, 0.25) is 0 Å². The number of piperazine rings is 1. The predicted octanol–water partition coefficient (Wildman–Crippen LogP) is 3.86. The highest BCUT2D eigenvalue weighted by Gasteiger charge is 2.23. The fourth-order valence-corrected chi connectivity index (χ4v) is 3.11. The molecule has 1 saturated heterocycles. The van der Waals surface area contributed by atoms with Crippen molar-refractivity contribution in [3.05, 3.63) is 58.1 Å². The summed E-state index contributed by atoms with van der Waals surface area (Å²) in [4.78, 5) is 26.5. The molecule has 0 bridgehead atoms. The van der Waals surface area contributed by atoms with E-state index >= 15 is 0 Å². The van der Waals surface area contributed by atoms with E-state index in [1.54, 1.807) is 0 Å². The minimum atomic E-state index is -3.12. The Hall–Kier alpha value is -3.43. The molecule has 0 radical (unpaired) electrons. The lowest BCUT2D eigenvalue weighted by Crippen LogP contribution is -2.50. The molecule has 1 heterocycles. The van der Waals surface area contributed by atoms with Gasteiger partial charge in [0.15, 0.2) is 0 Å². The molecule has 0 aliphatic carbocycles. The monoisotopic (exact) mass is 406 g/mol. The van der Waals surface area contributed by atoms with Gasteiger partial charge in [-0.1, -0.05) is 12.1 Å². The second kappa shape index (κ2) is 8.72. The number of non-ortho nitro benzene ring substituents is 1. The predicted molar refractivity (Wildman–Crippen MR) is 104 cm³/mol. The number of nitro benzene ring substituents is 1. The lowest BCUT2D eigenvalue weighted by molar-refractivity contribution is -0.384. The zero-order valence-electron chi connectivity index (χ0n) is 15.7. The summed E-state index contributed by atoms with van der Waals surface area (Å²) in [6.45, 7) is 0.924. The Labute approximate surface area is 165 Å². The molecule has 0 unspecified atom stereocenters. The summed E-state index contributed by atoms with van der Waals surface area (Å²) in [5.74, 6) is -0.336. The summed E-state index contributed by atoms with van der Waals surface area (Å²) in [6, 6.07) is 10.6. The molecule has 1 N–H and O–H groups in total. The van der Waals surface area contributed by atoms with Crippen molar-refractivity contribution in [2.45, 2.75) is 13.5 Å². The van der Waals surface area contributed by atoms with Crippen molar-refractivity contribution in [3.63, 3.8) is 0 Å². The molecule has 2 aromatic rings. The van der Waals surface area contributed by atoms with E-state index in [9.17, 15) is 23.7 Å². The van der Waals surface area contributed by atoms with Crippen LogP contribution in [-0.4, -0.2) is 48.6 Å². The van der Waals surface area contributed by atoms with Gasteiger partial charge in [0, 0.05) is 44.0 Å². The minimum Gasteiger partial charge on any atom is -0.433 e. The van der Waals surface area contributed by atoms with Gasteiger partial charge in [0.05, 0.1) is 10.6 Å². The van der Waals surface area contributed by atoms with Gasteiger partial charge in [-0.15, -0.1) is 0 Å². The van der Waals surface area contributed by atoms with Crippen LogP contribution in [0.3, 0.4) is 0 Å². The third kappa shape index (κ3) is 5.09. The maximum Gasteiger partial charge on any atom is 0.387 e. The molecule has 1 aliphatic rings. The van der Waals surface area contributed by atoms with E-state index in [0.29, 0.717) is 26.2 Å². The Balaban J connectivity index is 1.67. The first-order valence-corrected chi connectivity index (χ1v) is 8.94. The van der Waals surface area contributed by atoms with Crippen molar-refractivity contribution in [2.75, 3.05) is 36.4 Å². The van der Waals surface area contributed by atoms with E-state index < -0.39 is 17.6 Å². The average molecular weight is 406 g/mol. The van der Waals surface area contributed by atoms with E-state index in [0.717, 1.165) is 29.4 Å². The Kier molecular flexibility index (Phi) is 6.10. The van der Waals surface area contributed by atoms with Crippen molar-refractivity contribution in [2.24, 2.45) is 0 Å². The van der Waals surface area contributed by atoms with Crippen LogP contribution in [0, 0.1) is 17.0 Å². The van der Waals surface area contributed by atoms with Gasteiger partial charge >= 0.3 is 12.6 Å².